The zero-order valence-corrected chi connectivity index (χ0v) is 19.6. The van der Waals surface area contributed by atoms with Gasteiger partial charge in [0.1, 0.15) is 22.6 Å². The summed E-state index contributed by atoms with van der Waals surface area (Å²) in [5.74, 6) is 0.509. The summed E-state index contributed by atoms with van der Waals surface area (Å²) < 4.78 is 15.6. The maximum Gasteiger partial charge on any atom is 0.339 e. The van der Waals surface area contributed by atoms with Gasteiger partial charge >= 0.3 is 5.97 Å². The van der Waals surface area contributed by atoms with E-state index in [2.05, 4.69) is 20.8 Å². The minimum absolute atomic E-state index is 0.0784. The molecule has 4 aromatic rings. The molecular weight excluding hydrogens is 420 g/mol. The number of methoxy groups -OCH3 is 1. The van der Waals surface area contributed by atoms with Crippen LogP contribution < -0.4 is 9.47 Å². The van der Waals surface area contributed by atoms with Crippen LogP contribution in [0.2, 0.25) is 0 Å². The molecule has 0 aliphatic heterocycles. The summed E-state index contributed by atoms with van der Waals surface area (Å²) in [4.78, 5) is 11.3. The van der Waals surface area contributed by atoms with Gasteiger partial charge in [0.2, 0.25) is 0 Å². The molecule has 2 heterocycles. The SMILES string of the molecule is CCOc1ccc(C(C)(c2ccc(O)c(C(=O)O)c2)C(C)C)cc1.COc1cc2ccc1o2. The number of furan rings is 2. The molecule has 0 fully saturated rings. The summed E-state index contributed by atoms with van der Waals surface area (Å²) in [7, 11) is 1.64. The average molecular weight is 451 g/mol. The van der Waals surface area contributed by atoms with Gasteiger partial charge in [0.05, 0.1) is 13.7 Å². The summed E-state index contributed by atoms with van der Waals surface area (Å²) in [6.07, 6.45) is 0. The number of phenols is 1. The summed E-state index contributed by atoms with van der Waals surface area (Å²) in [5.41, 5.74) is 3.17. The van der Waals surface area contributed by atoms with Crippen LogP contribution in [-0.2, 0) is 5.41 Å². The van der Waals surface area contributed by atoms with E-state index in [1.165, 1.54) is 6.07 Å². The van der Waals surface area contributed by atoms with Crippen molar-refractivity contribution in [2.24, 2.45) is 5.92 Å². The molecule has 2 aromatic heterocycles. The van der Waals surface area contributed by atoms with E-state index in [4.69, 9.17) is 13.9 Å². The van der Waals surface area contributed by atoms with Crippen LogP contribution in [0.4, 0.5) is 0 Å². The van der Waals surface area contributed by atoms with E-state index in [-0.39, 0.29) is 22.6 Å². The molecule has 2 bridgehead atoms. The van der Waals surface area contributed by atoms with Crippen LogP contribution in [0.15, 0.2) is 65.1 Å². The molecule has 2 N–H and O–H groups in total. The highest BCUT2D eigenvalue weighted by atomic mass is 16.5. The largest absolute Gasteiger partial charge is 0.507 e. The quantitative estimate of drug-likeness (QED) is 0.342. The van der Waals surface area contributed by atoms with Crippen molar-refractivity contribution < 1.29 is 28.9 Å². The first-order valence-electron chi connectivity index (χ1n) is 10.9. The Kier molecular flexibility index (Phi) is 7.16. The number of rotatable bonds is 7. The van der Waals surface area contributed by atoms with Crippen molar-refractivity contribution in [3.8, 4) is 17.2 Å². The molecule has 0 spiro atoms. The number of hydrogen-bond acceptors (Lipinski definition) is 5. The summed E-state index contributed by atoms with van der Waals surface area (Å²) >= 11 is 0. The van der Waals surface area contributed by atoms with Gasteiger partial charge in [0.25, 0.3) is 0 Å². The van der Waals surface area contributed by atoms with Crippen molar-refractivity contribution in [2.45, 2.75) is 33.1 Å². The van der Waals surface area contributed by atoms with Crippen LogP contribution in [0.25, 0.3) is 11.2 Å². The molecule has 0 aliphatic rings. The minimum atomic E-state index is -1.13. The van der Waals surface area contributed by atoms with Gasteiger partial charge in [-0.1, -0.05) is 39.0 Å². The van der Waals surface area contributed by atoms with Crippen LogP contribution in [0, 0.1) is 5.92 Å². The highest BCUT2D eigenvalue weighted by Gasteiger charge is 2.33. The maximum atomic E-state index is 11.3. The fraction of sp³-hybridized carbons (Fsp3) is 0.296. The number of ether oxygens (including phenoxy) is 2. The zero-order chi connectivity index (χ0) is 24.2. The Labute approximate surface area is 193 Å². The van der Waals surface area contributed by atoms with Gasteiger partial charge in [-0.25, -0.2) is 4.79 Å². The summed E-state index contributed by atoms with van der Waals surface area (Å²) in [6, 6.07) is 18.4. The normalized spacial score (nSPS) is 12.8. The second kappa shape index (κ2) is 9.86. The van der Waals surface area contributed by atoms with E-state index in [0.717, 1.165) is 33.8 Å². The first-order chi connectivity index (χ1) is 15.7. The monoisotopic (exact) mass is 450 g/mol. The number of aromatic carboxylic acids is 1. The van der Waals surface area contributed by atoms with E-state index in [1.807, 2.05) is 49.4 Å². The third kappa shape index (κ3) is 4.90. The lowest BCUT2D eigenvalue weighted by Crippen LogP contribution is -2.30. The Morgan fingerprint density at radius 2 is 1.70 bits per heavy atom. The number of benzene rings is 3. The van der Waals surface area contributed by atoms with E-state index in [1.54, 1.807) is 19.2 Å². The van der Waals surface area contributed by atoms with Gasteiger partial charge in [-0.15, -0.1) is 0 Å². The van der Waals surface area contributed by atoms with Crippen LogP contribution in [0.3, 0.4) is 0 Å². The lowest BCUT2D eigenvalue weighted by Gasteiger charge is -2.35. The van der Waals surface area contributed by atoms with E-state index < -0.39 is 5.97 Å². The highest BCUT2D eigenvalue weighted by Crippen LogP contribution is 2.40. The number of hydrogen-bond donors (Lipinski definition) is 2. The van der Waals surface area contributed by atoms with Gasteiger partial charge in [-0.3, -0.25) is 0 Å². The van der Waals surface area contributed by atoms with Crippen LogP contribution in [-0.4, -0.2) is 29.9 Å². The smallest absolute Gasteiger partial charge is 0.339 e. The molecule has 0 aliphatic carbocycles. The van der Waals surface area contributed by atoms with Gasteiger partial charge in [-0.2, -0.15) is 0 Å². The Morgan fingerprint density at radius 3 is 2.15 bits per heavy atom. The fourth-order valence-corrected chi connectivity index (χ4v) is 3.85. The second-order valence-corrected chi connectivity index (χ2v) is 8.27. The van der Waals surface area contributed by atoms with Crippen LogP contribution in [0.5, 0.6) is 17.2 Å². The van der Waals surface area contributed by atoms with E-state index in [0.29, 0.717) is 6.61 Å². The molecule has 0 saturated carbocycles. The Morgan fingerprint density at radius 1 is 1.03 bits per heavy atom. The number of carboxylic acid groups (broad SMARTS) is 1. The lowest BCUT2D eigenvalue weighted by atomic mass is 9.68. The number of fused-ring (bicyclic) bond motifs is 2. The van der Waals surface area contributed by atoms with Gasteiger partial charge < -0.3 is 24.1 Å². The molecule has 6 nitrogen and oxygen atoms in total. The average Bonchev–Trinajstić information content (AvgIpc) is 3.43. The second-order valence-electron chi connectivity index (χ2n) is 8.27. The zero-order valence-electron chi connectivity index (χ0n) is 19.6. The van der Waals surface area contributed by atoms with Crippen molar-refractivity contribution in [3.05, 3.63) is 77.4 Å². The Bertz CT molecular complexity index is 1190. The molecule has 2 aromatic carbocycles. The maximum absolute atomic E-state index is 11.3. The molecule has 174 valence electrons. The Hall–Kier alpha value is -3.67. The van der Waals surface area contributed by atoms with Crippen molar-refractivity contribution in [1.29, 1.82) is 0 Å². The van der Waals surface area contributed by atoms with Crippen LogP contribution in [0.1, 0.15) is 49.2 Å². The fourth-order valence-electron chi connectivity index (χ4n) is 3.85. The lowest BCUT2D eigenvalue weighted by molar-refractivity contribution is 0.0693. The third-order valence-electron chi connectivity index (χ3n) is 6.11. The van der Waals surface area contributed by atoms with Crippen molar-refractivity contribution >= 4 is 17.1 Å². The summed E-state index contributed by atoms with van der Waals surface area (Å²) in [5, 5.41) is 19.1. The van der Waals surface area contributed by atoms with Crippen molar-refractivity contribution in [1.82, 2.24) is 0 Å². The van der Waals surface area contributed by atoms with E-state index in [9.17, 15) is 15.0 Å². The number of carboxylic acids is 1. The van der Waals surface area contributed by atoms with Crippen molar-refractivity contribution in [2.75, 3.05) is 13.7 Å². The van der Waals surface area contributed by atoms with Gasteiger partial charge in [0.15, 0.2) is 11.3 Å². The molecule has 0 saturated heterocycles. The topological polar surface area (TPSA) is 89.1 Å². The Balaban J connectivity index is 0.000000280. The third-order valence-corrected chi connectivity index (χ3v) is 6.11. The minimum Gasteiger partial charge on any atom is -0.507 e. The predicted molar refractivity (Wildman–Crippen MR) is 128 cm³/mol. The van der Waals surface area contributed by atoms with Gasteiger partial charge in [-0.05, 0) is 60.4 Å². The van der Waals surface area contributed by atoms with E-state index >= 15 is 0 Å². The summed E-state index contributed by atoms with van der Waals surface area (Å²) in [6.45, 7) is 8.84. The molecule has 0 amide bonds. The van der Waals surface area contributed by atoms with Crippen LogP contribution >= 0.6 is 0 Å². The first kappa shape index (κ1) is 24.0. The van der Waals surface area contributed by atoms with Gasteiger partial charge in [0, 0.05) is 11.5 Å². The first-order valence-corrected chi connectivity index (χ1v) is 10.9. The number of aromatic hydroxyl groups is 1. The molecule has 4 rings (SSSR count). The number of carbonyl (C=O) groups is 1. The van der Waals surface area contributed by atoms with Crippen molar-refractivity contribution in [3.63, 3.8) is 0 Å². The predicted octanol–water partition coefficient (Wildman–Crippen LogP) is 6.33. The molecule has 33 heavy (non-hydrogen) atoms. The molecule has 0 radical (unpaired) electrons. The molecule has 1 unspecified atom stereocenters. The molecule has 1 atom stereocenters. The molecule has 6 heteroatoms. The molecular formula is C27H30O6. The standard InChI is InChI=1S/C20H24O4.C7H6O2/c1-5-24-16-9-6-14(7-10-16)20(4,13(2)3)15-8-11-18(21)17(12-15)19(22)23;1-8-7-4-5-2-3-6(7)9-5/h6-13,21H,5H2,1-4H3,(H,22,23);2-4H,1H3. The highest BCUT2D eigenvalue weighted by molar-refractivity contribution is 5.91.